The molecule has 0 aromatic heterocycles. The summed E-state index contributed by atoms with van der Waals surface area (Å²) in [5.41, 5.74) is 1.10. The van der Waals surface area contributed by atoms with E-state index in [9.17, 15) is 4.79 Å². The van der Waals surface area contributed by atoms with Crippen molar-refractivity contribution in [3.8, 4) is 11.5 Å². The van der Waals surface area contributed by atoms with Crippen LogP contribution >= 0.6 is 23.2 Å². The molecule has 0 atom stereocenters. The quantitative estimate of drug-likeness (QED) is 0.774. The standard InChI is InChI=1S/C19H20Cl2N2O3/c1-25-16-4-2-3-15(12-16)22-7-9-23(10-8-22)19(24)13-26-18-11-14(20)5-6-17(18)21/h2-6,11-12H,7-10,13H2,1H3. The second kappa shape index (κ2) is 8.52. The number of hydrogen-bond donors (Lipinski definition) is 0. The van der Waals surface area contributed by atoms with Gasteiger partial charge in [-0.15, -0.1) is 0 Å². The molecule has 1 heterocycles. The molecule has 0 bridgehead atoms. The Kier molecular flexibility index (Phi) is 6.12. The third kappa shape index (κ3) is 4.54. The molecule has 1 aliphatic rings. The molecule has 26 heavy (non-hydrogen) atoms. The minimum absolute atomic E-state index is 0.0563. The van der Waals surface area contributed by atoms with E-state index in [0.717, 1.165) is 24.5 Å². The van der Waals surface area contributed by atoms with Crippen LogP contribution in [0.15, 0.2) is 42.5 Å². The van der Waals surface area contributed by atoms with Gasteiger partial charge in [0.05, 0.1) is 12.1 Å². The van der Waals surface area contributed by atoms with Crippen molar-refractivity contribution in [2.24, 2.45) is 0 Å². The highest BCUT2D eigenvalue weighted by Gasteiger charge is 2.22. The molecule has 138 valence electrons. The molecule has 0 unspecified atom stereocenters. The first-order valence-corrected chi connectivity index (χ1v) is 9.07. The van der Waals surface area contributed by atoms with Gasteiger partial charge in [-0.2, -0.15) is 0 Å². The monoisotopic (exact) mass is 394 g/mol. The Bertz CT molecular complexity index is 777. The van der Waals surface area contributed by atoms with E-state index in [-0.39, 0.29) is 12.5 Å². The smallest absolute Gasteiger partial charge is 0.260 e. The summed E-state index contributed by atoms with van der Waals surface area (Å²) in [6, 6.07) is 12.9. The minimum Gasteiger partial charge on any atom is -0.497 e. The molecule has 0 spiro atoms. The fourth-order valence-corrected chi connectivity index (χ4v) is 3.17. The molecule has 0 N–H and O–H groups in total. The highest BCUT2D eigenvalue weighted by atomic mass is 35.5. The van der Waals surface area contributed by atoms with Gasteiger partial charge in [0, 0.05) is 49.0 Å². The Morgan fingerprint density at radius 2 is 1.85 bits per heavy atom. The summed E-state index contributed by atoms with van der Waals surface area (Å²) in [6.45, 7) is 2.75. The van der Waals surface area contributed by atoms with Crippen LogP contribution in [-0.2, 0) is 4.79 Å². The number of nitrogens with zero attached hydrogens (tertiary/aromatic N) is 2. The first-order valence-electron chi connectivity index (χ1n) is 8.31. The number of piperazine rings is 1. The maximum absolute atomic E-state index is 12.4. The number of anilines is 1. The molecule has 2 aromatic rings. The van der Waals surface area contributed by atoms with E-state index in [0.29, 0.717) is 28.9 Å². The van der Waals surface area contributed by atoms with Crippen molar-refractivity contribution >= 4 is 34.8 Å². The van der Waals surface area contributed by atoms with Gasteiger partial charge >= 0.3 is 0 Å². The Labute approximate surface area is 163 Å². The molecule has 1 fully saturated rings. The summed E-state index contributed by atoms with van der Waals surface area (Å²) in [4.78, 5) is 16.4. The molecule has 0 aliphatic carbocycles. The summed E-state index contributed by atoms with van der Waals surface area (Å²) >= 11 is 12.0. The molecule has 7 heteroatoms. The molecule has 1 aliphatic heterocycles. The highest BCUT2D eigenvalue weighted by Crippen LogP contribution is 2.28. The number of carbonyl (C=O) groups is 1. The summed E-state index contributed by atoms with van der Waals surface area (Å²) in [5.74, 6) is 1.18. The van der Waals surface area contributed by atoms with E-state index in [1.54, 1.807) is 30.2 Å². The van der Waals surface area contributed by atoms with E-state index < -0.39 is 0 Å². The normalized spacial score (nSPS) is 14.3. The highest BCUT2D eigenvalue weighted by molar-refractivity contribution is 6.34. The van der Waals surface area contributed by atoms with Gasteiger partial charge in [0.2, 0.25) is 0 Å². The number of methoxy groups -OCH3 is 1. The van der Waals surface area contributed by atoms with Crippen LogP contribution in [0.1, 0.15) is 0 Å². The molecule has 5 nitrogen and oxygen atoms in total. The maximum Gasteiger partial charge on any atom is 0.260 e. The molecule has 0 saturated carbocycles. The Hall–Kier alpha value is -2.11. The first-order chi connectivity index (χ1) is 12.6. The lowest BCUT2D eigenvalue weighted by molar-refractivity contribution is -0.133. The number of halogens is 2. The number of hydrogen-bond acceptors (Lipinski definition) is 4. The van der Waals surface area contributed by atoms with Gasteiger partial charge in [-0.05, 0) is 24.3 Å². The second-order valence-electron chi connectivity index (χ2n) is 5.93. The van der Waals surface area contributed by atoms with Crippen LogP contribution in [0.3, 0.4) is 0 Å². The Morgan fingerprint density at radius 1 is 1.08 bits per heavy atom. The van der Waals surface area contributed by atoms with E-state index in [1.165, 1.54) is 0 Å². The van der Waals surface area contributed by atoms with Gasteiger partial charge in [0.15, 0.2) is 6.61 Å². The Balaban J connectivity index is 1.52. The SMILES string of the molecule is COc1cccc(N2CCN(C(=O)COc3cc(Cl)ccc3Cl)CC2)c1. The lowest BCUT2D eigenvalue weighted by Crippen LogP contribution is -2.50. The van der Waals surface area contributed by atoms with Crippen LogP contribution in [0, 0.1) is 0 Å². The predicted octanol–water partition coefficient (Wildman–Crippen LogP) is 3.73. The van der Waals surface area contributed by atoms with Gasteiger partial charge in [-0.1, -0.05) is 29.3 Å². The van der Waals surface area contributed by atoms with Gasteiger partial charge in [-0.25, -0.2) is 0 Å². The van der Waals surface area contributed by atoms with Crippen molar-refractivity contribution in [3.63, 3.8) is 0 Å². The summed E-state index contributed by atoms with van der Waals surface area (Å²) in [7, 11) is 1.65. The van der Waals surface area contributed by atoms with Crippen LogP contribution < -0.4 is 14.4 Å². The Morgan fingerprint density at radius 3 is 2.58 bits per heavy atom. The van der Waals surface area contributed by atoms with Gasteiger partial charge in [-0.3, -0.25) is 4.79 Å². The van der Waals surface area contributed by atoms with E-state index in [1.807, 2.05) is 24.3 Å². The van der Waals surface area contributed by atoms with Crippen LogP contribution in [0.4, 0.5) is 5.69 Å². The van der Waals surface area contributed by atoms with Crippen molar-refractivity contribution in [1.29, 1.82) is 0 Å². The van der Waals surface area contributed by atoms with Gasteiger partial charge in [0.1, 0.15) is 11.5 Å². The summed E-state index contributed by atoms with van der Waals surface area (Å²) < 4.78 is 10.8. The zero-order chi connectivity index (χ0) is 18.5. The molecule has 2 aromatic carbocycles. The van der Waals surface area contributed by atoms with Crippen molar-refractivity contribution in [2.45, 2.75) is 0 Å². The van der Waals surface area contributed by atoms with Crippen LogP contribution in [0.25, 0.3) is 0 Å². The maximum atomic E-state index is 12.4. The average Bonchev–Trinajstić information content (AvgIpc) is 2.68. The van der Waals surface area contributed by atoms with Gasteiger partial charge in [0.25, 0.3) is 5.91 Å². The first kappa shape index (κ1) is 18.7. The van der Waals surface area contributed by atoms with Crippen molar-refractivity contribution < 1.29 is 14.3 Å². The van der Waals surface area contributed by atoms with Crippen molar-refractivity contribution in [2.75, 3.05) is 44.8 Å². The molecule has 1 amide bonds. The van der Waals surface area contributed by atoms with Crippen LogP contribution in [-0.4, -0.2) is 50.7 Å². The van der Waals surface area contributed by atoms with Gasteiger partial charge < -0.3 is 19.3 Å². The largest absolute Gasteiger partial charge is 0.497 e. The number of rotatable bonds is 5. The van der Waals surface area contributed by atoms with E-state index in [2.05, 4.69) is 4.90 Å². The van der Waals surface area contributed by atoms with Crippen LogP contribution in [0.5, 0.6) is 11.5 Å². The second-order valence-corrected chi connectivity index (χ2v) is 6.78. The van der Waals surface area contributed by atoms with Crippen molar-refractivity contribution in [1.82, 2.24) is 4.90 Å². The van der Waals surface area contributed by atoms with E-state index in [4.69, 9.17) is 32.7 Å². The molecule has 3 rings (SSSR count). The predicted molar refractivity (Wildman–Crippen MR) is 104 cm³/mol. The van der Waals surface area contributed by atoms with Crippen molar-refractivity contribution in [3.05, 3.63) is 52.5 Å². The zero-order valence-corrected chi connectivity index (χ0v) is 16.0. The zero-order valence-electron chi connectivity index (χ0n) is 14.5. The lowest BCUT2D eigenvalue weighted by atomic mass is 10.2. The molecular formula is C19H20Cl2N2O3. The molecule has 0 radical (unpaired) electrons. The molecule has 1 saturated heterocycles. The van der Waals surface area contributed by atoms with Crippen LogP contribution in [0.2, 0.25) is 10.0 Å². The number of ether oxygens (including phenoxy) is 2. The fourth-order valence-electron chi connectivity index (χ4n) is 2.84. The topological polar surface area (TPSA) is 42.0 Å². The third-order valence-corrected chi connectivity index (χ3v) is 4.84. The lowest BCUT2D eigenvalue weighted by Gasteiger charge is -2.36. The number of amides is 1. The van der Waals surface area contributed by atoms with E-state index >= 15 is 0 Å². The average molecular weight is 395 g/mol. The summed E-state index contributed by atoms with van der Waals surface area (Å²) in [5, 5.41) is 0.953. The minimum atomic E-state index is -0.0636. The third-order valence-electron chi connectivity index (χ3n) is 4.30. The fraction of sp³-hybridized carbons (Fsp3) is 0.316. The molecular weight excluding hydrogens is 375 g/mol. The summed E-state index contributed by atoms with van der Waals surface area (Å²) in [6.07, 6.45) is 0. The number of benzene rings is 2. The number of carbonyl (C=O) groups excluding carboxylic acids is 1.